The van der Waals surface area contributed by atoms with Gasteiger partial charge in [0.05, 0.1) is 11.2 Å². The van der Waals surface area contributed by atoms with Crippen LogP contribution in [-0.2, 0) is 10.8 Å². The minimum Gasteiger partial charge on any atom is -0.357 e. The largest absolute Gasteiger partial charge is 0.357 e. The number of nitrogens with one attached hydrogen (secondary N) is 1. The maximum Gasteiger partial charge on any atom is 0.198 e. The van der Waals surface area contributed by atoms with Crippen LogP contribution in [0.15, 0.2) is 115 Å². The van der Waals surface area contributed by atoms with Gasteiger partial charge in [-0.1, -0.05) is 136 Å². The van der Waals surface area contributed by atoms with Crippen molar-refractivity contribution in [2.45, 2.75) is 38.5 Å². The minimum absolute atomic E-state index is 0.0743. The highest BCUT2D eigenvalue weighted by Crippen LogP contribution is 2.54. The van der Waals surface area contributed by atoms with Gasteiger partial charge in [-0.3, -0.25) is 0 Å². The van der Waals surface area contributed by atoms with Crippen LogP contribution in [0.1, 0.15) is 50.1 Å². The second kappa shape index (κ2) is 8.37. The van der Waals surface area contributed by atoms with E-state index in [4.69, 9.17) is 0 Å². The summed E-state index contributed by atoms with van der Waals surface area (Å²) >= 11 is 0. The maximum atomic E-state index is 4.03. The van der Waals surface area contributed by atoms with Crippen molar-refractivity contribution in [3.63, 3.8) is 0 Å². The number of aromatic amines is 1. The predicted molar refractivity (Wildman–Crippen MR) is 192 cm³/mol. The van der Waals surface area contributed by atoms with E-state index in [0.29, 0.717) is 0 Å². The summed E-state index contributed by atoms with van der Waals surface area (Å²) < 4.78 is 0. The normalized spacial score (nSPS) is 16.0. The van der Waals surface area contributed by atoms with E-state index in [1.807, 2.05) is 0 Å². The number of benzene rings is 6. The fraction of sp³-hybridized carbons (Fsp3) is 0.143. The van der Waals surface area contributed by atoms with E-state index in [1.165, 1.54) is 94.3 Å². The number of fused-ring (bicyclic) bond motifs is 10. The molecule has 0 fully saturated rings. The standard InChI is InChI=1S/C42H33BN2/c1-41(2)30-19-9-10-22-33(30)45-34-23-24-13-5-6-14-25(24)35(37(34)43-32-21-12-20-31(41)39(32)45)27-16-11-17-28-36-26-15-7-8-18-29(26)42(3,4)40(36)44-38(27)28/h5-23,43-44H,1-4H3. The van der Waals surface area contributed by atoms with Crippen LogP contribution < -0.4 is 15.8 Å². The second-order valence-corrected chi connectivity index (χ2v) is 14.2. The summed E-state index contributed by atoms with van der Waals surface area (Å²) in [6, 6.07) is 43.3. The molecule has 3 heteroatoms. The Labute approximate surface area is 264 Å². The molecule has 214 valence electrons. The lowest BCUT2D eigenvalue weighted by Crippen LogP contribution is -2.45. The summed E-state index contributed by atoms with van der Waals surface area (Å²) in [5.41, 5.74) is 18.7. The van der Waals surface area contributed by atoms with E-state index < -0.39 is 0 Å². The van der Waals surface area contributed by atoms with Crippen molar-refractivity contribution in [2.75, 3.05) is 4.90 Å². The molecule has 0 unspecified atom stereocenters. The highest BCUT2D eigenvalue weighted by molar-refractivity contribution is 6.74. The first-order valence-electron chi connectivity index (χ1n) is 16.2. The zero-order chi connectivity index (χ0) is 30.2. The van der Waals surface area contributed by atoms with Crippen molar-refractivity contribution >= 4 is 56.9 Å². The SMILES string of the molecule is CC1(C)c2ccccc2N2c3cc4ccccc4c(-c4cccc5c6c([nH]c45)C(C)(C)c4ccccc4-6)c3Bc3cccc1c32. The van der Waals surface area contributed by atoms with Crippen LogP contribution >= 0.6 is 0 Å². The number of para-hydroxylation sites is 3. The van der Waals surface area contributed by atoms with Crippen LogP contribution in [0.5, 0.6) is 0 Å². The summed E-state index contributed by atoms with van der Waals surface area (Å²) in [4.78, 5) is 6.61. The molecule has 0 atom stereocenters. The van der Waals surface area contributed by atoms with E-state index in [1.54, 1.807) is 0 Å². The molecule has 6 aromatic carbocycles. The smallest absolute Gasteiger partial charge is 0.198 e. The molecule has 0 spiro atoms. The van der Waals surface area contributed by atoms with Crippen molar-refractivity contribution in [3.05, 3.63) is 138 Å². The van der Waals surface area contributed by atoms with E-state index in [9.17, 15) is 0 Å². The molecular weight excluding hydrogens is 543 g/mol. The first-order valence-corrected chi connectivity index (χ1v) is 16.2. The molecule has 2 aliphatic heterocycles. The molecule has 1 N–H and O–H groups in total. The van der Waals surface area contributed by atoms with Crippen LogP contribution in [0.3, 0.4) is 0 Å². The molecule has 0 saturated carbocycles. The molecule has 45 heavy (non-hydrogen) atoms. The monoisotopic (exact) mass is 576 g/mol. The lowest BCUT2D eigenvalue weighted by atomic mass is 9.55. The topological polar surface area (TPSA) is 19.0 Å². The zero-order valence-electron chi connectivity index (χ0n) is 26.1. The Morgan fingerprint density at radius 2 is 1.27 bits per heavy atom. The fourth-order valence-electron chi connectivity index (χ4n) is 9.02. The van der Waals surface area contributed by atoms with E-state index in [-0.39, 0.29) is 10.8 Å². The Morgan fingerprint density at radius 1 is 0.578 bits per heavy atom. The van der Waals surface area contributed by atoms with Gasteiger partial charge in [0.25, 0.3) is 0 Å². The van der Waals surface area contributed by atoms with Gasteiger partial charge in [-0.25, -0.2) is 0 Å². The van der Waals surface area contributed by atoms with Crippen molar-refractivity contribution < 1.29 is 0 Å². The summed E-state index contributed by atoms with van der Waals surface area (Å²) in [5, 5.41) is 3.89. The Morgan fingerprint density at radius 3 is 2.16 bits per heavy atom. The third kappa shape index (κ3) is 3.06. The van der Waals surface area contributed by atoms with Gasteiger partial charge in [0.2, 0.25) is 0 Å². The van der Waals surface area contributed by atoms with E-state index in [2.05, 4.69) is 153 Å². The molecule has 0 bridgehead atoms. The second-order valence-electron chi connectivity index (χ2n) is 14.2. The molecule has 2 nitrogen and oxygen atoms in total. The zero-order valence-corrected chi connectivity index (χ0v) is 26.1. The van der Waals surface area contributed by atoms with Gasteiger partial charge in [0, 0.05) is 44.4 Å². The fourth-order valence-corrected chi connectivity index (χ4v) is 9.02. The van der Waals surface area contributed by atoms with Crippen molar-refractivity contribution in [3.8, 4) is 22.3 Å². The van der Waals surface area contributed by atoms with Crippen molar-refractivity contribution in [1.82, 2.24) is 4.98 Å². The Bertz CT molecular complexity index is 2420. The Balaban J connectivity index is 1.32. The number of hydrogen-bond acceptors (Lipinski definition) is 1. The van der Waals surface area contributed by atoms with Crippen LogP contribution in [-0.4, -0.2) is 12.3 Å². The quantitative estimate of drug-likeness (QED) is 0.193. The number of H-pyrrole nitrogens is 1. The third-order valence-corrected chi connectivity index (χ3v) is 11.2. The number of nitrogens with zero attached hydrogens (tertiary/aromatic N) is 1. The summed E-state index contributed by atoms with van der Waals surface area (Å²) in [5.74, 6) is 0. The molecule has 3 aliphatic rings. The summed E-state index contributed by atoms with van der Waals surface area (Å²) in [6.45, 7) is 9.47. The first-order chi connectivity index (χ1) is 21.9. The lowest BCUT2D eigenvalue weighted by Gasteiger charge is -2.46. The van der Waals surface area contributed by atoms with Gasteiger partial charge < -0.3 is 9.88 Å². The van der Waals surface area contributed by atoms with Crippen LogP contribution in [0, 0.1) is 0 Å². The summed E-state index contributed by atoms with van der Waals surface area (Å²) in [6.07, 6.45) is 0. The molecule has 10 rings (SSSR count). The Hall–Kier alpha value is -5.02. The van der Waals surface area contributed by atoms with Gasteiger partial charge in [-0.05, 0) is 56.2 Å². The van der Waals surface area contributed by atoms with Gasteiger partial charge >= 0.3 is 0 Å². The predicted octanol–water partition coefficient (Wildman–Crippen LogP) is 9.10. The minimum atomic E-state index is -0.0833. The highest BCUT2D eigenvalue weighted by Gasteiger charge is 2.42. The van der Waals surface area contributed by atoms with Crippen LogP contribution in [0.4, 0.5) is 17.1 Å². The molecule has 7 aromatic rings. The van der Waals surface area contributed by atoms with Crippen LogP contribution in [0.2, 0.25) is 0 Å². The molecule has 1 aliphatic carbocycles. The van der Waals surface area contributed by atoms with E-state index in [0.717, 1.165) is 7.28 Å². The van der Waals surface area contributed by atoms with Crippen molar-refractivity contribution in [1.29, 1.82) is 0 Å². The number of aromatic nitrogens is 1. The van der Waals surface area contributed by atoms with E-state index >= 15 is 0 Å². The highest BCUT2D eigenvalue weighted by atomic mass is 15.2. The van der Waals surface area contributed by atoms with Gasteiger partial charge in [-0.2, -0.15) is 0 Å². The van der Waals surface area contributed by atoms with Gasteiger partial charge in [-0.15, -0.1) is 0 Å². The molecule has 1 aromatic heterocycles. The average Bonchev–Trinajstić information content (AvgIpc) is 3.56. The molecular formula is C42H33BN2. The molecule has 0 saturated heterocycles. The molecule has 0 amide bonds. The van der Waals surface area contributed by atoms with Gasteiger partial charge in [0.15, 0.2) is 7.28 Å². The number of rotatable bonds is 1. The lowest BCUT2D eigenvalue weighted by molar-refractivity contribution is 0.632. The molecule has 3 heterocycles. The summed E-state index contributed by atoms with van der Waals surface area (Å²) in [7, 11) is 0.901. The van der Waals surface area contributed by atoms with Crippen molar-refractivity contribution in [2.24, 2.45) is 0 Å². The first kappa shape index (κ1) is 25.3. The average molecular weight is 577 g/mol. The molecule has 0 radical (unpaired) electrons. The maximum absolute atomic E-state index is 4.03. The third-order valence-electron chi connectivity index (χ3n) is 11.2. The Kier molecular flexibility index (Phi) is 4.71. The number of hydrogen-bond donors (Lipinski definition) is 1. The van der Waals surface area contributed by atoms with Crippen LogP contribution in [0.25, 0.3) is 43.9 Å². The number of anilines is 3. The van der Waals surface area contributed by atoms with Gasteiger partial charge in [0.1, 0.15) is 0 Å².